The number of nitrogens with one attached hydrogen (secondary N) is 1. The Hall–Kier alpha value is -3.86. The summed E-state index contributed by atoms with van der Waals surface area (Å²) in [6.07, 6.45) is 3.15. The Balaban J connectivity index is 2.15. The molecule has 0 aliphatic rings. The number of carbonyl (C=O) groups is 3. The lowest BCUT2D eigenvalue weighted by Gasteiger charge is -2.33. The molecule has 0 bridgehead atoms. The molecule has 3 rings (SSSR count). The van der Waals surface area contributed by atoms with Gasteiger partial charge < -0.3 is 21.7 Å². The molecule has 0 unspecified atom stereocenters. The first-order valence-corrected chi connectivity index (χ1v) is 11.1. The zero-order valence-electron chi connectivity index (χ0n) is 18.9. The van der Waals surface area contributed by atoms with Gasteiger partial charge in [0.25, 0.3) is 11.8 Å². The number of nitrogen functional groups attached to an aromatic ring is 1. The van der Waals surface area contributed by atoms with Crippen LogP contribution >= 0.6 is 11.5 Å². The van der Waals surface area contributed by atoms with Gasteiger partial charge in [-0.3, -0.25) is 19.4 Å². The Morgan fingerprint density at radius 1 is 1.18 bits per heavy atom. The van der Waals surface area contributed by atoms with E-state index in [-0.39, 0.29) is 22.8 Å². The van der Waals surface area contributed by atoms with Gasteiger partial charge in [0.2, 0.25) is 5.91 Å². The van der Waals surface area contributed by atoms with E-state index in [1.165, 1.54) is 29.2 Å². The number of hydrogen-bond donors (Lipinski definition) is 3. The van der Waals surface area contributed by atoms with Crippen molar-refractivity contribution in [2.24, 2.45) is 5.73 Å². The van der Waals surface area contributed by atoms with E-state index >= 15 is 0 Å². The fraction of sp³-hybridized carbons (Fsp3) is 0.261. The number of nitrogens with zero attached hydrogens (tertiary/aromatic N) is 3. The van der Waals surface area contributed by atoms with Gasteiger partial charge in [-0.1, -0.05) is 18.2 Å². The molecule has 0 aliphatic carbocycles. The summed E-state index contributed by atoms with van der Waals surface area (Å²) < 4.78 is 17.6. The summed E-state index contributed by atoms with van der Waals surface area (Å²) in [5.74, 6) is -2.46. The van der Waals surface area contributed by atoms with Crippen molar-refractivity contribution >= 4 is 34.9 Å². The zero-order valence-corrected chi connectivity index (χ0v) is 19.7. The van der Waals surface area contributed by atoms with Crippen LogP contribution in [0.1, 0.15) is 58.1 Å². The summed E-state index contributed by atoms with van der Waals surface area (Å²) in [6, 6.07) is 7.62. The van der Waals surface area contributed by atoms with Crippen LogP contribution in [0.15, 0.2) is 48.8 Å². The summed E-state index contributed by atoms with van der Waals surface area (Å²) in [5, 5.41) is 2.88. The van der Waals surface area contributed by atoms with Crippen molar-refractivity contribution in [3.63, 3.8) is 0 Å². The van der Waals surface area contributed by atoms with Crippen molar-refractivity contribution in [2.75, 3.05) is 5.73 Å². The molecule has 0 saturated heterocycles. The van der Waals surface area contributed by atoms with E-state index in [0.29, 0.717) is 11.1 Å². The average molecular weight is 485 g/mol. The first-order chi connectivity index (χ1) is 16.0. The maximum Gasteiger partial charge on any atom is 0.270 e. The Morgan fingerprint density at radius 3 is 2.38 bits per heavy atom. The second kappa shape index (κ2) is 9.96. The van der Waals surface area contributed by atoms with Crippen LogP contribution in [0.5, 0.6) is 0 Å². The second-order valence-corrected chi connectivity index (χ2v) is 9.40. The fourth-order valence-electron chi connectivity index (χ4n) is 3.28. The number of benzene rings is 1. The van der Waals surface area contributed by atoms with Gasteiger partial charge in [-0.25, -0.2) is 4.39 Å². The van der Waals surface area contributed by atoms with E-state index in [2.05, 4.69) is 14.7 Å². The topological polar surface area (TPSA) is 144 Å². The van der Waals surface area contributed by atoms with Crippen LogP contribution in [0.4, 0.5) is 10.1 Å². The SMILES string of the molecule is CC(C)(C)NC(=O)[C@@H](c1ccc(F)cc1)N(Cc1cccnc1)C(=O)c1snc(C(N)=O)c1N. The van der Waals surface area contributed by atoms with Gasteiger partial charge in [-0.15, -0.1) is 0 Å². The lowest BCUT2D eigenvalue weighted by atomic mass is 10.0. The van der Waals surface area contributed by atoms with Crippen molar-refractivity contribution in [3.05, 3.63) is 76.3 Å². The van der Waals surface area contributed by atoms with Gasteiger partial charge in [-0.05, 0) is 61.6 Å². The maximum atomic E-state index is 13.7. The van der Waals surface area contributed by atoms with Crippen LogP contribution in [-0.2, 0) is 11.3 Å². The van der Waals surface area contributed by atoms with E-state index in [4.69, 9.17) is 11.5 Å². The van der Waals surface area contributed by atoms with E-state index < -0.39 is 35.1 Å². The molecule has 0 spiro atoms. The standard InChI is InChI=1S/C23H25FN6O3S/c1-23(2,3)28-21(32)18(14-6-8-15(24)9-7-14)30(12-13-5-4-10-27-11-13)22(33)19-16(25)17(20(26)31)29-34-19/h4-11,18H,12,25H2,1-3H3,(H2,26,31)(H,28,32)/t18-/m1/s1. The molecule has 11 heteroatoms. The van der Waals surface area contributed by atoms with Crippen LogP contribution < -0.4 is 16.8 Å². The van der Waals surface area contributed by atoms with Crippen LogP contribution in [0.3, 0.4) is 0 Å². The minimum Gasteiger partial charge on any atom is -0.395 e. The van der Waals surface area contributed by atoms with Crippen molar-refractivity contribution in [1.82, 2.24) is 19.6 Å². The van der Waals surface area contributed by atoms with Crippen LogP contribution in [-0.4, -0.2) is 37.5 Å². The van der Waals surface area contributed by atoms with Crippen molar-refractivity contribution in [2.45, 2.75) is 38.9 Å². The monoisotopic (exact) mass is 484 g/mol. The van der Waals surface area contributed by atoms with Crippen molar-refractivity contribution in [1.29, 1.82) is 0 Å². The third kappa shape index (κ3) is 5.73. The number of hydrogen-bond acceptors (Lipinski definition) is 7. The molecule has 9 nitrogen and oxygen atoms in total. The molecule has 0 aliphatic heterocycles. The third-order valence-corrected chi connectivity index (χ3v) is 5.59. The van der Waals surface area contributed by atoms with E-state index in [0.717, 1.165) is 11.5 Å². The van der Waals surface area contributed by atoms with E-state index in [9.17, 15) is 18.8 Å². The summed E-state index contributed by atoms with van der Waals surface area (Å²) in [4.78, 5) is 44.2. The Bertz CT molecular complexity index is 1190. The van der Waals surface area contributed by atoms with Gasteiger partial charge >= 0.3 is 0 Å². The highest BCUT2D eigenvalue weighted by Gasteiger charge is 2.36. The van der Waals surface area contributed by atoms with Gasteiger partial charge in [0.1, 0.15) is 16.7 Å². The van der Waals surface area contributed by atoms with Gasteiger partial charge in [0.05, 0.1) is 5.69 Å². The minimum atomic E-state index is -1.15. The smallest absolute Gasteiger partial charge is 0.270 e. The number of halogens is 1. The van der Waals surface area contributed by atoms with Crippen molar-refractivity contribution < 1.29 is 18.8 Å². The molecule has 2 aromatic heterocycles. The molecule has 1 atom stereocenters. The van der Waals surface area contributed by atoms with Gasteiger partial charge in [-0.2, -0.15) is 4.37 Å². The highest BCUT2D eigenvalue weighted by molar-refractivity contribution is 7.09. The molecular formula is C23H25FN6O3S. The normalized spacial score (nSPS) is 12.1. The number of rotatable bonds is 7. The quantitative estimate of drug-likeness (QED) is 0.470. The third-order valence-electron chi connectivity index (χ3n) is 4.74. The van der Waals surface area contributed by atoms with Crippen molar-refractivity contribution in [3.8, 4) is 0 Å². The highest BCUT2D eigenvalue weighted by atomic mass is 32.1. The number of nitrogens with two attached hydrogens (primary N) is 2. The summed E-state index contributed by atoms with van der Waals surface area (Å²) in [7, 11) is 0. The summed E-state index contributed by atoms with van der Waals surface area (Å²) in [6.45, 7) is 5.40. The fourth-order valence-corrected chi connectivity index (χ4v) is 4.05. The average Bonchev–Trinajstić information content (AvgIpc) is 3.15. The summed E-state index contributed by atoms with van der Waals surface area (Å²) in [5.41, 5.74) is 11.4. The van der Waals surface area contributed by atoms with E-state index in [1.807, 2.05) is 0 Å². The number of pyridine rings is 1. The molecule has 0 radical (unpaired) electrons. The molecule has 0 fully saturated rings. The van der Waals surface area contributed by atoms with Gasteiger partial charge in [0, 0.05) is 24.5 Å². The first-order valence-electron chi connectivity index (χ1n) is 10.3. The molecule has 34 heavy (non-hydrogen) atoms. The molecule has 3 amide bonds. The van der Waals surface area contributed by atoms with Crippen LogP contribution in [0.2, 0.25) is 0 Å². The molecule has 1 aromatic carbocycles. The lowest BCUT2D eigenvalue weighted by Crippen LogP contribution is -2.49. The molecule has 178 valence electrons. The number of aromatic nitrogens is 2. The first kappa shape index (κ1) is 24.8. The van der Waals surface area contributed by atoms with Gasteiger partial charge in [0.15, 0.2) is 5.69 Å². The highest BCUT2D eigenvalue weighted by Crippen LogP contribution is 2.30. The van der Waals surface area contributed by atoms with Crippen LogP contribution in [0.25, 0.3) is 0 Å². The number of primary amides is 1. The second-order valence-electron chi connectivity index (χ2n) is 8.63. The Labute approximate surface area is 200 Å². The summed E-state index contributed by atoms with van der Waals surface area (Å²) >= 11 is 0.717. The Morgan fingerprint density at radius 2 is 1.85 bits per heavy atom. The molecular weight excluding hydrogens is 459 g/mol. The largest absolute Gasteiger partial charge is 0.395 e. The van der Waals surface area contributed by atoms with E-state index in [1.54, 1.807) is 45.3 Å². The zero-order chi connectivity index (χ0) is 25.0. The predicted octanol–water partition coefficient (Wildman–Crippen LogP) is 2.66. The Kier molecular flexibility index (Phi) is 7.26. The number of amides is 3. The molecule has 0 saturated carbocycles. The minimum absolute atomic E-state index is 0.0183. The molecule has 2 heterocycles. The number of anilines is 1. The molecule has 5 N–H and O–H groups in total. The lowest BCUT2D eigenvalue weighted by molar-refractivity contribution is -0.127. The number of carbonyl (C=O) groups excluding carboxylic acids is 3. The molecule has 3 aromatic rings. The maximum absolute atomic E-state index is 13.7. The van der Waals surface area contributed by atoms with Crippen LogP contribution in [0, 0.1) is 5.82 Å². The predicted molar refractivity (Wildman–Crippen MR) is 126 cm³/mol.